The largest absolute Gasteiger partial charge is 0.480 e. The minimum atomic E-state index is -1.86. The molecule has 11 nitrogen and oxygen atoms in total. The molecule has 0 aromatic heterocycles. The smallest absolute Gasteiger partial charge is 0.435 e. The molecule has 11 heteroatoms. The molecule has 0 bridgehead atoms. The molecule has 2 atom stereocenters. The van der Waals surface area contributed by atoms with Crippen molar-refractivity contribution in [2.24, 2.45) is 5.10 Å². The van der Waals surface area contributed by atoms with Gasteiger partial charge in [0, 0.05) is 18.3 Å². The van der Waals surface area contributed by atoms with Gasteiger partial charge >= 0.3 is 12.1 Å². The lowest BCUT2D eigenvalue weighted by Gasteiger charge is -2.33. The Bertz CT molecular complexity index is 922. The van der Waals surface area contributed by atoms with Crippen LogP contribution in [-0.2, 0) is 19.1 Å². The summed E-state index contributed by atoms with van der Waals surface area (Å²) in [6.45, 7) is 7.55. The maximum absolute atomic E-state index is 12.8. The molecule has 2 unspecified atom stereocenters. The van der Waals surface area contributed by atoms with Gasteiger partial charge in [-0.3, -0.25) is 14.8 Å². The zero-order valence-electron chi connectivity index (χ0n) is 18.2. The first-order valence-electron chi connectivity index (χ1n) is 9.40. The van der Waals surface area contributed by atoms with E-state index in [1.165, 1.54) is 45.2 Å². The SMILES string of the molecule is CC(C(=O)O)N(C=O)c1ccc(C2=NN(C)C(=O)C2(C)N(O)C(=O)OC(C)(C)C)cc1. The molecule has 1 heterocycles. The number of amides is 3. The fourth-order valence-electron chi connectivity index (χ4n) is 3.01. The first kappa shape index (κ1) is 23.8. The van der Waals surface area contributed by atoms with Crippen LogP contribution in [0.1, 0.15) is 40.2 Å². The maximum atomic E-state index is 12.8. The molecule has 1 aliphatic heterocycles. The van der Waals surface area contributed by atoms with Crippen molar-refractivity contribution in [1.82, 2.24) is 10.1 Å². The summed E-state index contributed by atoms with van der Waals surface area (Å²) in [6, 6.07) is 4.87. The van der Waals surface area contributed by atoms with Crippen molar-refractivity contribution in [3.63, 3.8) is 0 Å². The second kappa shape index (κ2) is 8.34. The molecule has 0 aliphatic carbocycles. The summed E-state index contributed by atoms with van der Waals surface area (Å²) in [4.78, 5) is 48.8. The van der Waals surface area contributed by atoms with Crippen LogP contribution in [0.4, 0.5) is 10.5 Å². The molecule has 168 valence electrons. The van der Waals surface area contributed by atoms with Crippen LogP contribution in [0.25, 0.3) is 0 Å². The van der Waals surface area contributed by atoms with E-state index in [0.717, 1.165) is 9.91 Å². The molecule has 2 N–H and O–H groups in total. The Morgan fingerprint density at radius 2 is 1.81 bits per heavy atom. The van der Waals surface area contributed by atoms with E-state index in [0.29, 0.717) is 17.7 Å². The number of aliphatic carboxylic acids is 1. The molecule has 0 radical (unpaired) electrons. The molecule has 0 fully saturated rings. The standard InChI is InChI=1S/C20H26N4O7/c1-12(16(26)27)23(11-25)14-9-7-13(8-10-14)15-20(5,17(28)22(6)21-15)24(30)18(29)31-19(2,3)4/h7-12,30H,1-6H3,(H,26,27). The van der Waals surface area contributed by atoms with Crippen molar-refractivity contribution in [1.29, 1.82) is 0 Å². The van der Waals surface area contributed by atoms with Crippen LogP contribution in [0.15, 0.2) is 29.4 Å². The van der Waals surface area contributed by atoms with E-state index < -0.39 is 35.2 Å². The van der Waals surface area contributed by atoms with E-state index in [1.54, 1.807) is 20.8 Å². The van der Waals surface area contributed by atoms with Crippen LogP contribution < -0.4 is 4.90 Å². The van der Waals surface area contributed by atoms with Gasteiger partial charge in [-0.05, 0) is 46.8 Å². The Morgan fingerprint density at radius 1 is 1.26 bits per heavy atom. The molecule has 2 rings (SSSR count). The highest BCUT2D eigenvalue weighted by atomic mass is 16.6. The first-order valence-corrected chi connectivity index (χ1v) is 9.40. The van der Waals surface area contributed by atoms with Gasteiger partial charge in [0.15, 0.2) is 5.54 Å². The Hall–Kier alpha value is -3.47. The van der Waals surface area contributed by atoms with Crippen LogP contribution in [0, 0.1) is 0 Å². The van der Waals surface area contributed by atoms with Crippen molar-refractivity contribution in [2.75, 3.05) is 11.9 Å². The zero-order valence-corrected chi connectivity index (χ0v) is 18.2. The van der Waals surface area contributed by atoms with Crippen molar-refractivity contribution >= 4 is 35.8 Å². The summed E-state index contributed by atoms with van der Waals surface area (Å²) in [5.74, 6) is -1.83. The lowest BCUT2D eigenvalue weighted by molar-refractivity contribution is -0.161. The topological polar surface area (TPSA) is 140 Å². The van der Waals surface area contributed by atoms with Gasteiger partial charge in [0.1, 0.15) is 17.4 Å². The summed E-state index contributed by atoms with van der Waals surface area (Å²) in [5, 5.41) is 25.1. The number of hydrazone groups is 1. The van der Waals surface area contributed by atoms with Gasteiger partial charge in [-0.25, -0.2) is 14.6 Å². The van der Waals surface area contributed by atoms with E-state index in [4.69, 9.17) is 9.84 Å². The van der Waals surface area contributed by atoms with E-state index >= 15 is 0 Å². The van der Waals surface area contributed by atoms with E-state index in [9.17, 15) is 24.4 Å². The number of hydroxylamine groups is 2. The van der Waals surface area contributed by atoms with E-state index in [2.05, 4.69) is 5.10 Å². The normalized spacial score (nSPS) is 19.5. The molecule has 1 aliphatic rings. The number of rotatable bonds is 6. The number of carbonyl (C=O) groups excluding carboxylic acids is 3. The van der Waals surface area contributed by atoms with Crippen molar-refractivity contribution in [2.45, 2.75) is 51.8 Å². The summed E-state index contributed by atoms with van der Waals surface area (Å²) >= 11 is 0. The molecule has 0 saturated heterocycles. The Kier molecular flexibility index (Phi) is 6.41. The molecule has 1 aromatic carbocycles. The third kappa shape index (κ3) is 4.50. The minimum absolute atomic E-state index is 0.0730. The highest BCUT2D eigenvalue weighted by Crippen LogP contribution is 2.31. The highest BCUT2D eigenvalue weighted by molar-refractivity contribution is 6.24. The number of carboxylic acid groups (broad SMARTS) is 1. The third-order valence-corrected chi connectivity index (χ3v) is 4.74. The quantitative estimate of drug-likeness (QED) is 0.394. The Morgan fingerprint density at radius 3 is 2.26 bits per heavy atom. The van der Waals surface area contributed by atoms with Gasteiger partial charge in [-0.1, -0.05) is 12.1 Å². The lowest BCUT2D eigenvalue weighted by Crippen LogP contribution is -2.59. The highest BCUT2D eigenvalue weighted by Gasteiger charge is 2.54. The number of ether oxygens (including phenoxy) is 1. The average Bonchev–Trinajstić information content (AvgIpc) is 2.92. The lowest BCUT2D eigenvalue weighted by atomic mass is 9.90. The van der Waals surface area contributed by atoms with Crippen LogP contribution in [0.3, 0.4) is 0 Å². The summed E-state index contributed by atoms with van der Waals surface area (Å²) in [7, 11) is 1.38. The number of carbonyl (C=O) groups is 4. The Balaban J connectivity index is 2.42. The van der Waals surface area contributed by atoms with Gasteiger partial charge in [-0.2, -0.15) is 10.2 Å². The van der Waals surface area contributed by atoms with Crippen LogP contribution in [-0.4, -0.2) is 74.7 Å². The summed E-state index contributed by atoms with van der Waals surface area (Å²) < 4.78 is 5.17. The summed E-state index contributed by atoms with van der Waals surface area (Å²) in [5.41, 5.74) is -2.01. The van der Waals surface area contributed by atoms with Gasteiger partial charge in [0.05, 0.1) is 0 Å². The molecule has 1 aromatic rings. The molecular formula is C20H26N4O7. The number of likely N-dealkylation sites (N-methyl/N-ethyl adjacent to an activating group) is 1. The summed E-state index contributed by atoms with van der Waals surface area (Å²) in [6.07, 6.45) is -0.717. The number of hydrogen-bond donors (Lipinski definition) is 2. The van der Waals surface area contributed by atoms with Crippen molar-refractivity contribution in [3.05, 3.63) is 29.8 Å². The van der Waals surface area contributed by atoms with Crippen molar-refractivity contribution < 1.29 is 34.2 Å². The second-order valence-corrected chi connectivity index (χ2v) is 8.22. The molecular weight excluding hydrogens is 408 g/mol. The van der Waals surface area contributed by atoms with Crippen LogP contribution in [0.5, 0.6) is 0 Å². The molecule has 3 amide bonds. The van der Waals surface area contributed by atoms with Gasteiger partial charge in [-0.15, -0.1) is 0 Å². The number of hydrogen-bond acceptors (Lipinski definition) is 7. The monoisotopic (exact) mass is 434 g/mol. The minimum Gasteiger partial charge on any atom is -0.480 e. The zero-order chi connectivity index (χ0) is 23.7. The molecule has 0 spiro atoms. The predicted octanol–water partition coefficient (Wildman–Crippen LogP) is 1.68. The Labute approximate surface area is 179 Å². The number of anilines is 1. The third-order valence-electron chi connectivity index (χ3n) is 4.74. The van der Waals surface area contributed by atoms with E-state index in [-0.39, 0.29) is 10.8 Å². The number of nitrogens with zero attached hydrogens (tertiary/aromatic N) is 4. The predicted molar refractivity (Wildman–Crippen MR) is 110 cm³/mol. The van der Waals surface area contributed by atoms with Crippen LogP contribution >= 0.6 is 0 Å². The van der Waals surface area contributed by atoms with Crippen molar-refractivity contribution in [3.8, 4) is 0 Å². The van der Waals surface area contributed by atoms with Crippen LogP contribution in [0.2, 0.25) is 0 Å². The second-order valence-electron chi connectivity index (χ2n) is 8.22. The fourth-order valence-corrected chi connectivity index (χ4v) is 3.01. The van der Waals surface area contributed by atoms with Gasteiger partial charge < -0.3 is 14.7 Å². The number of carboxylic acids is 1. The van der Waals surface area contributed by atoms with E-state index in [1.807, 2.05) is 0 Å². The average molecular weight is 434 g/mol. The number of benzene rings is 1. The maximum Gasteiger partial charge on any atom is 0.435 e. The molecule has 31 heavy (non-hydrogen) atoms. The van der Waals surface area contributed by atoms with Gasteiger partial charge in [0.25, 0.3) is 5.91 Å². The fraction of sp³-hybridized carbons (Fsp3) is 0.450. The van der Waals surface area contributed by atoms with Gasteiger partial charge in [0.2, 0.25) is 6.41 Å². The molecule has 0 saturated carbocycles. The first-order chi connectivity index (χ1) is 14.2.